The van der Waals surface area contributed by atoms with Crippen LogP contribution < -0.4 is 14.2 Å². The largest absolute Gasteiger partial charge is 0.493 e. The summed E-state index contributed by atoms with van der Waals surface area (Å²) in [6.07, 6.45) is 2.11. The van der Waals surface area contributed by atoms with E-state index >= 15 is 0 Å². The minimum Gasteiger partial charge on any atom is -0.493 e. The van der Waals surface area contributed by atoms with Gasteiger partial charge in [0.05, 0.1) is 43.3 Å². The number of amides is 1. The summed E-state index contributed by atoms with van der Waals surface area (Å²) in [5, 5.41) is 0.875. The number of carbonyl (C=O) groups is 2. The number of nitrogens with zero attached hydrogens (tertiary/aromatic N) is 2. The number of rotatable bonds is 10. The summed E-state index contributed by atoms with van der Waals surface area (Å²) in [4.78, 5) is 30.8. The van der Waals surface area contributed by atoms with Gasteiger partial charge in [-0.05, 0) is 74.7 Å². The second kappa shape index (κ2) is 13.4. The number of likely N-dealkylation sites (tertiary alicyclic amines) is 1. The Kier molecular flexibility index (Phi) is 9.75. The number of benzene rings is 3. The molecule has 2 heterocycles. The third kappa shape index (κ3) is 6.13. The molecule has 2 saturated heterocycles. The standard InChI is InChI=1S/C34H38Cl2N2O6/c1-23(39)33(25-8-6-5-7-9-25)12-15-37(16-13-33)17-14-34(26-10-11-27(35)28(36)20-26)21-38(22-44-34)32(40)24-18-29(41-2)31(43-4)30(19-24)42-3/h5-11,18-20H,12-17,21-22H2,1-4H3/t34-/m0/s1. The molecule has 2 aliphatic heterocycles. The fourth-order valence-corrected chi connectivity index (χ4v) is 6.76. The predicted molar refractivity (Wildman–Crippen MR) is 170 cm³/mol. The number of Topliss-reactive ketones (excluding diaryl/α,β-unsaturated/α-hetero) is 1. The van der Waals surface area contributed by atoms with E-state index in [0.717, 1.165) is 43.6 Å². The summed E-state index contributed by atoms with van der Waals surface area (Å²) in [5.41, 5.74) is 1.06. The summed E-state index contributed by atoms with van der Waals surface area (Å²) in [7, 11) is 4.55. The Morgan fingerprint density at radius 2 is 1.52 bits per heavy atom. The Hall–Kier alpha value is -3.30. The number of hydrogen-bond donors (Lipinski definition) is 0. The fourth-order valence-electron chi connectivity index (χ4n) is 6.47. The molecule has 2 fully saturated rings. The van der Waals surface area contributed by atoms with E-state index in [9.17, 15) is 9.59 Å². The lowest BCUT2D eigenvalue weighted by atomic mass is 9.70. The molecule has 0 N–H and O–H groups in total. The van der Waals surface area contributed by atoms with E-state index in [-0.39, 0.29) is 18.4 Å². The van der Waals surface area contributed by atoms with Crippen LogP contribution in [0.2, 0.25) is 10.0 Å². The molecule has 0 saturated carbocycles. The van der Waals surface area contributed by atoms with Crippen molar-refractivity contribution in [2.24, 2.45) is 0 Å². The van der Waals surface area contributed by atoms with Gasteiger partial charge >= 0.3 is 0 Å². The molecular weight excluding hydrogens is 603 g/mol. The molecule has 10 heteroatoms. The number of ether oxygens (including phenoxy) is 4. The Balaban J connectivity index is 1.36. The highest BCUT2D eigenvalue weighted by molar-refractivity contribution is 6.42. The van der Waals surface area contributed by atoms with E-state index in [4.69, 9.17) is 42.1 Å². The van der Waals surface area contributed by atoms with Crippen LogP contribution in [0.3, 0.4) is 0 Å². The van der Waals surface area contributed by atoms with Crippen LogP contribution >= 0.6 is 23.2 Å². The smallest absolute Gasteiger partial charge is 0.256 e. The van der Waals surface area contributed by atoms with Gasteiger partial charge in [-0.25, -0.2) is 0 Å². The van der Waals surface area contributed by atoms with Crippen molar-refractivity contribution in [3.05, 3.63) is 87.4 Å². The van der Waals surface area contributed by atoms with Crippen LogP contribution in [0.5, 0.6) is 17.2 Å². The van der Waals surface area contributed by atoms with Crippen molar-refractivity contribution in [1.29, 1.82) is 0 Å². The van der Waals surface area contributed by atoms with Crippen molar-refractivity contribution < 1.29 is 28.5 Å². The lowest BCUT2D eigenvalue weighted by Crippen LogP contribution is -2.48. The SMILES string of the molecule is COc1cc(C(=O)N2CO[C@](CCN3CCC(C(C)=O)(c4ccccc4)CC3)(c3ccc(Cl)c(Cl)c3)C2)cc(OC)c1OC. The Morgan fingerprint density at radius 3 is 2.09 bits per heavy atom. The first-order valence-electron chi connectivity index (χ1n) is 14.6. The van der Waals surface area contributed by atoms with Crippen molar-refractivity contribution in [3.63, 3.8) is 0 Å². The lowest BCUT2D eigenvalue weighted by molar-refractivity contribution is -0.124. The fraction of sp³-hybridized carbons (Fsp3) is 0.412. The molecule has 1 amide bonds. The molecule has 8 nitrogen and oxygen atoms in total. The highest BCUT2D eigenvalue weighted by Gasteiger charge is 2.45. The molecule has 3 aromatic carbocycles. The second-order valence-corrected chi connectivity index (χ2v) is 12.2. The number of hydrogen-bond acceptors (Lipinski definition) is 7. The molecule has 0 aliphatic carbocycles. The van der Waals surface area contributed by atoms with Crippen molar-refractivity contribution >= 4 is 34.9 Å². The quantitative estimate of drug-likeness (QED) is 0.255. The molecule has 5 rings (SSSR count). The van der Waals surface area contributed by atoms with E-state index in [1.807, 2.05) is 30.3 Å². The van der Waals surface area contributed by atoms with Gasteiger partial charge in [0.2, 0.25) is 5.75 Å². The van der Waals surface area contributed by atoms with E-state index in [1.54, 1.807) is 30.0 Å². The summed E-state index contributed by atoms with van der Waals surface area (Å²) < 4.78 is 22.9. The highest BCUT2D eigenvalue weighted by Crippen LogP contribution is 2.42. The van der Waals surface area contributed by atoms with Crippen LogP contribution in [0.4, 0.5) is 0 Å². The van der Waals surface area contributed by atoms with Gasteiger partial charge in [0.1, 0.15) is 18.1 Å². The summed E-state index contributed by atoms with van der Waals surface area (Å²) in [5.74, 6) is 1.19. The molecule has 2 aliphatic rings. The van der Waals surface area contributed by atoms with Crippen LogP contribution in [-0.2, 0) is 20.5 Å². The van der Waals surface area contributed by atoms with Gasteiger partial charge in [-0.2, -0.15) is 0 Å². The van der Waals surface area contributed by atoms with Crippen LogP contribution in [0.1, 0.15) is 47.7 Å². The molecule has 44 heavy (non-hydrogen) atoms. The maximum Gasteiger partial charge on any atom is 0.256 e. The van der Waals surface area contributed by atoms with Crippen LogP contribution in [0.25, 0.3) is 0 Å². The summed E-state index contributed by atoms with van der Waals surface area (Å²) >= 11 is 12.7. The van der Waals surface area contributed by atoms with Crippen LogP contribution in [-0.4, -0.2) is 75.7 Å². The average Bonchev–Trinajstić information content (AvgIpc) is 3.50. The molecule has 0 unspecified atom stereocenters. The van der Waals surface area contributed by atoms with E-state index in [1.165, 1.54) is 21.3 Å². The first-order valence-corrected chi connectivity index (χ1v) is 15.4. The molecule has 234 valence electrons. The molecule has 1 atom stereocenters. The van der Waals surface area contributed by atoms with Gasteiger partial charge < -0.3 is 28.7 Å². The first kappa shape index (κ1) is 32.1. The number of ketones is 1. The maximum absolute atomic E-state index is 13.8. The van der Waals surface area contributed by atoms with Gasteiger partial charge in [-0.1, -0.05) is 59.6 Å². The Bertz CT molecular complexity index is 1480. The van der Waals surface area contributed by atoms with Gasteiger partial charge in [0.25, 0.3) is 5.91 Å². The van der Waals surface area contributed by atoms with Gasteiger partial charge in [0.15, 0.2) is 11.5 Å². The third-order valence-electron chi connectivity index (χ3n) is 9.13. The van der Waals surface area contributed by atoms with Crippen molar-refractivity contribution in [2.75, 3.05) is 54.2 Å². The van der Waals surface area contributed by atoms with E-state index in [2.05, 4.69) is 17.0 Å². The number of carbonyl (C=O) groups excluding carboxylic acids is 2. The Morgan fingerprint density at radius 1 is 0.864 bits per heavy atom. The average molecular weight is 642 g/mol. The zero-order valence-electron chi connectivity index (χ0n) is 25.5. The topological polar surface area (TPSA) is 77.5 Å². The van der Waals surface area contributed by atoms with Gasteiger partial charge in [0, 0.05) is 12.1 Å². The highest BCUT2D eigenvalue weighted by atomic mass is 35.5. The van der Waals surface area contributed by atoms with Gasteiger partial charge in [-0.3, -0.25) is 9.59 Å². The molecule has 3 aromatic rings. The molecule has 0 spiro atoms. The zero-order valence-corrected chi connectivity index (χ0v) is 27.0. The van der Waals surface area contributed by atoms with Gasteiger partial charge in [-0.15, -0.1) is 0 Å². The summed E-state index contributed by atoms with van der Waals surface area (Å²) in [6.45, 7) is 4.38. The van der Waals surface area contributed by atoms with Crippen LogP contribution in [0, 0.1) is 0 Å². The van der Waals surface area contributed by atoms with Crippen molar-refractivity contribution in [1.82, 2.24) is 9.80 Å². The minimum atomic E-state index is -0.806. The Labute approximate surface area is 268 Å². The normalized spacial score (nSPS) is 19.9. The minimum absolute atomic E-state index is 0.0944. The van der Waals surface area contributed by atoms with Crippen molar-refractivity contribution in [3.8, 4) is 17.2 Å². The maximum atomic E-state index is 13.8. The number of methoxy groups -OCH3 is 3. The monoisotopic (exact) mass is 640 g/mol. The summed E-state index contributed by atoms with van der Waals surface area (Å²) in [6, 6.07) is 18.9. The van der Waals surface area contributed by atoms with E-state index < -0.39 is 11.0 Å². The number of piperidine rings is 1. The lowest BCUT2D eigenvalue weighted by Gasteiger charge is -2.41. The molecule has 0 aromatic heterocycles. The van der Waals surface area contributed by atoms with Crippen LogP contribution in [0.15, 0.2) is 60.7 Å². The van der Waals surface area contributed by atoms with E-state index in [0.29, 0.717) is 45.8 Å². The number of halogens is 2. The molecule has 0 radical (unpaired) electrons. The predicted octanol–water partition coefficient (Wildman–Crippen LogP) is 6.36. The zero-order chi connectivity index (χ0) is 31.5. The first-order chi connectivity index (χ1) is 21.2. The molecule has 0 bridgehead atoms. The van der Waals surface area contributed by atoms with Crippen molar-refractivity contribution in [2.45, 2.75) is 37.2 Å². The third-order valence-corrected chi connectivity index (χ3v) is 9.87. The molecular formula is C34H38Cl2N2O6. The second-order valence-electron chi connectivity index (χ2n) is 11.4.